The van der Waals surface area contributed by atoms with Gasteiger partial charge in [-0.3, -0.25) is 9.32 Å². The Balaban J connectivity index is 2.73. The van der Waals surface area contributed by atoms with E-state index < -0.39 is 0 Å². The van der Waals surface area contributed by atoms with Crippen LogP contribution in [0.3, 0.4) is 0 Å². The molecule has 12 heavy (non-hydrogen) atoms. The summed E-state index contributed by atoms with van der Waals surface area (Å²) in [4.78, 5) is 7.49. The lowest BCUT2D eigenvalue weighted by Gasteiger charge is -2.36. The Bertz CT molecular complexity index is 158. The zero-order valence-electron chi connectivity index (χ0n) is 8.74. The van der Waals surface area contributed by atoms with E-state index in [4.69, 9.17) is 4.84 Å². The van der Waals surface area contributed by atoms with Crippen molar-refractivity contribution in [3.8, 4) is 0 Å². The first-order valence-corrected chi connectivity index (χ1v) is 4.29. The van der Waals surface area contributed by atoms with Gasteiger partial charge in [0.2, 0.25) is 6.29 Å². The first-order chi connectivity index (χ1) is 5.49. The van der Waals surface area contributed by atoms with Gasteiger partial charge < -0.3 is 0 Å². The van der Waals surface area contributed by atoms with Gasteiger partial charge >= 0.3 is 0 Å². The minimum absolute atomic E-state index is 0.343. The molecule has 1 rings (SSSR count). The first-order valence-electron chi connectivity index (χ1n) is 4.29. The molecule has 1 heterocycles. The van der Waals surface area contributed by atoms with E-state index in [0.717, 1.165) is 17.6 Å². The molecule has 1 saturated heterocycles. The van der Waals surface area contributed by atoms with Crippen molar-refractivity contribution in [1.29, 1.82) is 0 Å². The third-order valence-electron chi connectivity index (χ3n) is 2.48. The van der Waals surface area contributed by atoms with Crippen LogP contribution in [0, 0.1) is 0 Å². The van der Waals surface area contributed by atoms with Crippen molar-refractivity contribution in [3.63, 3.8) is 0 Å². The second-order valence-electron chi connectivity index (χ2n) is 4.14. The molecule has 0 aromatic rings. The first kappa shape index (κ1) is 9.92. The summed E-state index contributed by atoms with van der Waals surface area (Å²) in [6.07, 6.45) is 0.343. The van der Waals surface area contributed by atoms with E-state index in [1.807, 2.05) is 5.06 Å². The Morgan fingerprint density at radius 1 is 1.42 bits per heavy atom. The summed E-state index contributed by atoms with van der Waals surface area (Å²) in [6.45, 7) is 2.14. The highest BCUT2D eigenvalue weighted by Gasteiger charge is 2.42. The molecule has 1 aliphatic heterocycles. The summed E-state index contributed by atoms with van der Waals surface area (Å²) in [5, 5.41) is 2.03. The van der Waals surface area contributed by atoms with Gasteiger partial charge in [0.1, 0.15) is 0 Å². The molecule has 1 aliphatic rings. The van der Waals surface area contributed by atoms with Crippen LogP contribution in [-0.4, -0.2) is 69.1 Å². The lowest BCUT2D eigenvalue weighted by molar-refractivity contribution is -0.923. The summed E-state index contributed by atoms with van der Waals surface area (Å²) >= 11 is 0. The van der Waals surface area contributed by atoms with E-state index in [1.54, 1.807) is 7.11 Å². The molecule has 4 nitrogen and oxygen atoms in total. The Kier molecular flexibility index (Phi) is 2.73. The Morgan fingerprint density at radius 3 is 2.33 bits per heavy atom. The van der Waals surface area contributed by atoms with Crippen molar-refractivity contribution in [2.24, 2.45) is 0 Å². The predicted octanol–water partition coefficient (Wildman–Crippen LogP) is -0.215. The molecule has 0 aromatic heterocycles. The standard InChI is InChI=1S/C8H20N3O/c1-9(2)8-10(12-5)6-7-11(8,3)4/h8H,6-7H2,1-5H3/q+1. The summed E-state index contributed by atoms with van der Waals surface area (Å²) in [7, 11) is 10.4. The Hall–Kier alpha value is -0.160. The minimum Gasteiger partial charge on any atom is -0.297 e. The molecule has 4 heteroatoms. The number of hydrogen-bond donors (Lipinski definition) is 0. The lowest BCUT2D eigenvalue weighted by Crippen LogP contribution is -2.56. The van der Waals surface area contributed by atoms with Crippen LogP contribution in [0.25, 0.3) is 0 Å². The van der Waals surface area contributed by atoms with Gasteiger partial charge in [-0.2, -0.15) is 0 Å². The minimum atomic E-state index is 0.343. The lowest BCUT2D eigenvalue weighted by atomic mass is 10.5. The highest BCUT2D eigenvalue weighted by atomic mass is 16.7. The SMILES string of the molecule is CON1CC[N+](C)(C)C1N(C)C. The van der Waals surface area contributed by atoms with Crippen LogP contribution in [0.15, 0.2) is 0 Å². The fourth-order valence-corrected chi connectivity index (χ4v) is 2.00. The van der Waals surface area contributed by atoms with E-state index in [-0.39, 0.29) is 0 Å². The highest BCUT2D eigenvalue weighted by Crippen LogP contribution is 2.20. The summed E-state index contributed by atoms with van der Waals surface area (Å²) < 4.78 is 0.973. The van der Waals surface area contributed by atoms with Gasteiger partial charge in [0, 0.05) is 0 Å². The molecule has 1 unspecified atom stereocenters. The number of hydrogen-bond acceptors (Lipinski definition) is 3. The molecule has 0 amide bonds. The van der Waals surface area contributed by atoms with Gasteiger partial charge in [-0.05, 0) is 14.1 Å². The van der Waals surface area contributed by atoms with Crippen molar-refractivity contribution < 1.29 is 9.32 Å². The Morgan fingerprint density at radius 2 is 2.00 bits per heavy atom. The van der Waals surface area contributed by atoms with Crippen molar-refractivity contribution in [2.75, 3.05) is 48.4 Å². The van der Waals surface area contributed by atoms with Crippen LogP contribution < -0.4 is 0 Å². The van der Waals surface area contributed by atoms with Crippen LogP contribution in [0.2, 0.25) is 0 Å². The normalized spacial score (nSPS) is 30.0. The fourth-order valence-electron chi connectivity index (χ4n) is 2.00. The van der Waals surface area contributed by atoms with Gasteiger partial charge in [-0.1, -0.05) is 0 Å². The topological polar surface area (TPSA) is 15.7 Å². The van der Waals surface area contributed by atoms with Gasteiger partial charge in [0.15, 0.2) is 0 Å². The highest BCUT2D eigenvalue weighted by molar-refractivity contribution is 4.60. The Labute approximate surface area is 74.8 Å². The van der Waals surface area contributed by atoms with Gasteiger partial charge in [-0.25, -0.2) is 4.90 Å². The van der Waals surface area contributed by atoms with Gasteiger partial charge in [0.25, 0.3) is 0 Å². The number of hydroxylamine groups is 2. The molecule has 0 aromatic carbocycles. The van der Waals surface area contributed by atoms with Crippen LogP contribution >= 0.6 is 0 Å². The summed E-state index contributed by atoms with van der Waals surface area (Å²) in [5.41, 5.74) is 0. The molecule has 1 atom stereocenters. The maximum Gasteiger partial charge on any atom is 0.226 e. The fraction of sp³-hybridized carbons (Fsp3) is 1.00. The van der Waals surface area contributed by atoms with Crippen molar-refractivity contribution >= 4 is 0 Å². The molecule has 0 N–H and O–H groups in total. The molecular weight excluding hydrogens is 154 g/mol. The van der Waals surface area contributed by atoms with E-state index in [1.165, 1.54) is 0 Å². The average molecular weight is 174 g/mol. The maximum absolute atomic E-state index is 5.30. The molecule has 1 fully saturated rings. The van der Waals surface area contributed by atoms with Crippen molar-refractivity contribution in [1.82, 2.24) is 9.96 Å². The maximum atomic E-state index is 5.30. The second-order valence-corrected chi connectivity index (χ2v) is 4.14. The quantitative estimate of drug-likeness (QED) is 0.539. The summed E-state index contributed by atoms with van der Waals surface area (Å²) in [6, 6.07) is 0. The zero-order chi connectivity index (χ0) is 9.35. The van der Waals surface area contributed by atoms with Gasteiger partial charge in [0.05, 0.1) is 34.3 Å². The molecule has 0 aliphatic carbocycles. The number of nitrogens with zero attached hydrogens (tertiary/aromatic N) is 3. The van der Waals surface area contributed by atoms with Crippen LogP contribution in [0.4, 0.5) is 0 Å². The van der Waals surface area contributed by atoms with Crippen molar-refractivity contribution in [2.45, 2.75) is 6.29 Å². The van der Waals surface area contributed by atoms with Crippen LogP contribution in [0.1, 0.15) is 0 Å². The molecule has 0 radical (unpaired) electrons. The molecule has 0 bridgehead atoms. The van der Waals surface area contributed by atoms with E-state index in [9.17, 15) is 0 Å². The monoisotopic (exact) mass is 174 g/mol. The van der Waals surface area contributed by atoms with Crippen LogP contribution in [0.5, 0.6) is 0 Å². The van der Waals surface area contributed by atoms with Crippen LogP contribution in [-0.2, 0) is 4.84 Å². The smallest absolute Gasteiger partial charge is 0.226 e. The van der Waals surface area contributed by atoms with E-state index in [2.05, 4.69) is 33.1 Å². The molecular formula is C8H20N3O+. The molecule has 0 spiro atoms. The molecule has 72 valence electrons. The third kappa shape index (κ3) is 1.61. The predicted molar refractivity (Wildman–Crippen MR) is 48.2 cm³/mol. The second kappa shape index (κ2) is 3.30. The van der Waals surface area contributed by atoms with E-state index in [0.29, 0.717) is 6.29 Å². The largest absolute Gasteiger partial charge is 0.297 e. The zero-order valence-corrected chi connectivity index (χ0v) is 8.74. The van der Waals surface area contributed by atoms with Crippen molar-refractivity contribution in [3.05, 3.63) is 0 Å². The van der Waals surface area contributed by atoms with E-state index >= 15 is 0 Å². The average Bonchev–Trinajstić information content (AvgIpc) is 2.24. The molecule has 0 saturated carbocycles. The number of quaternary nitrogens is 1. The summed E-state index contributed by atoms with van der Waals surface area (Å²) in [5.74, 6) is 0. The number of rotatable bonds is 2. The number of likely N-dealkylation sites (N-methyl/N-ethyl adjacent to an activating group) is 1. The third-order valence-corrected chi connectivity index (χ3v) is 2.48. The van der Waals surface area contributed by atoms with Gasteiger partial charge in [-0.15, -0.1) is 5.06 Å².